The number of nitrogens with one attached hydrogen (secondary N) is 1. The van der Waals surface area contributed by atoms with Gasteiger partial charge in [0.25, 0.3) is 5.56 Å². The zero-order valence-electron chi connectivity index (χ0n) is 15.5. The van der Waals surface area contributed by atoms with Gasteiger partial charge in [0.15, 0.2) is 5.65 Å². The number of nitrogens with zero attached hydrogens (tertiary/aromatic N) is 3. The van der Waals surface area contributed by atoms with Gasteiger partial charge < -0.3 is 4.98 Å². The largest absolute Gasteiger partial charge is 0.335 e. The van der Waals surface area contributed by atoms with E-state index in [1.54, 1.807) is 4.57 Å². The standard InChI is InChI=1S/C20H26N4O2/c1-3-5-23-16-15(17(25)24(6-4-2)19(23)26)21-18(22-16)20-10-12-7-13(11-20)9-14(20)8-12/h8,12-13H,3-7,9-11H2,1-2H3,(H,21,22). The summed E-state index contributed by atoms with van der Waals surface area (Å²) >= 11 is 0. The fourth-order valence-electron chi connectivity index (χ4n) is 5.77. The molecule has 2 aromatic rings. The Morgan fingerprint density at radius 3 is 2.69 bits per heavy atom. The average molecular weight is 354 g/mol. The normalized spacial score (nSPS) is 29.1. The molecular formula is C20H26N4O2. The molecule has 6 heteroatoms. The van der Waals surface area contributed by atoms with Crippen LogP contribution in [0.5, 0.6) is 0 Å². The second-order valence-corrected chi connectivity index (χ2v) is 8.42. The van der Waals surface area contributed by atoms with Crippen molar-refractivity contribution in [3.63, 3.8) is 0 Å². The van der Waals surface area contributed by atoms with E-state index in [-0.39, 0.29) is 16.7 Å². The van der Waals surface area contributed by atoms with Crippen molar-refractivity contribution in [2.45, 2.75) is 70.9 Å². The molecule has 0 saturated heterocycles. The Hall–Kier alpha value is -2.11. The molecule has 2 heterocycles. The Bertz CT molecular complexity index is 1040. The van der Waals surface area contributed by atoms with Gasteiger partial charge in [-0.1, -0.05) is 25.5 Å². The summed E-state index contributed by atoms with van der Waals surface area (Å²) in [5.74, 6) is 2.34. The van der Waals surface area contributed by atoms with E-state index < -0.39 is 0 Å². The highest BCUT2D eigenvalue weighted by atomic mass is 16.2. The van der Waals surface area contributed by atoms with Crippen molar-refractivity contribution in [3.05, 3.63) is 38.3 Å². The van der Waals surface area contributed by atoms with Crippen LogP contribution in [0.1, 0.15) is 58.2 Å². The number of rotatable bonds is 5. The van der Waals surface area contributed by atoms with Crippen LogP contribution in [0.3, 0.4) is 0 Å². The minimum atomic E-state index is -0.224. The van der Waals surface area contributed by atoms with Crippen LogP contribution in [0.15, 0.2) is 21.2 Å². The Morgan fingerprint density at radius 2 is 1.96 bits per heavy atom. The van der Waals surface area contributed by atoms with E-state index in [4.69, 9.17) is 4.98 Å². The molecular weight excluding hydrogens is 328 g/mol. The lowest BCUT2D eigenvalue weighted by Crippen LogP contribution is -2.40. The second kappa shape index (κ2) is 5.44. The SMILES string of the molecule is CCCn1c(=O)c2[nH]c(C34CC5C=C3CC(C5)C4)nc2n(CCC)c1=O. The molecule has 0 aliphatic heterocycles. The van der Waals surface area contributed by atoms with Crippen molar-refractivity contribution in [1.82, 2.24) is 19.1 Å². The molecule has 2 aromatic heterocycles. The summed E-state index contributed by atoms with van der Waals surface area (Å²) in [7, 11) is 0. The summed E-state index contributed by atoms with van der Waals surface area (Å²) < 4.78 is 3.06. The first kappa shape index (κ1) is 16.1. The third kappa shape index (κ3) is 1.96. The smallest absolute Gasteiger partial charge is 0.332 e. The Morgan fingerprint density at radius 1 is 1.19 bits per heavy atom. The average Bonchev–Trinajstić information content (AvgIpc) is 3.24. The van der Waals surface area contributed by atoms with Gasteiger partial charge in [0.1, 0.15) is 11.3 Å². The summed E-state index contributed by atoms with van der Waals surface area (Å²) in [6.45, 7) is 5.07. The maximum Gasteiger partial charge on any atom is 0.332 e. The molecule has 4 bridgehead atoms. The van der Waals surface area contributed by atoms with Gasteiger partial charge in [-0.15, -0.1) is 0 Å². The summed E-state index contributed by atoms with van der Waals surface area (Å²) in [6, 6.07) is 0. The van der Waals surface area contributed by atoms with E-state index in [2.05, 4.69) is 11.1 Å². The molecule has 0 aromatic carbocycles. The van der Waals surface area contributed by atoms with Gasteiger partial charge >= 0.3 is 5.69 Å². The minimum absolute atomic E-state index is 0.0122. The molecule has 3 unspecified atom stereocenters. The molecule has 0 radical (unpaired) electrons. The van der Waals surface area contributed by atoms with E-state index in [9.17, 15) is 9.59 Å². The number of aromatic amines is 1. The first-order valence-corrected chi connectivity index (χ1v) is 10.0. The highest BCUT2D eigenvalue weighted by Crippen LogP contribution is 2.62. The molecule has 1 N–H and O–H groups in total. The lowest BCUT2D eigenvalue weighted by atomic mass is 9.74. The van der Waals surface area contributed by atoms with Crippen molar-refractivity contribution in [3.8, 4) is 0 Å². The van der Waals surface area contributed by atoms with Gasteiger partial charge in [0.2, 0.25) is 0 Å². The number of H-pyrrole nitrogens is 1. The van der Waals surface area contributed by atoms with E-state index in [0.717, 1.165) is 37.4 Å². The van der Waals surface area contributed by atoms with Crippen molar-refractivity contribution < 1.29 is 0 Å². The number of aryl methyl sites for hydroxylation is 1. The van der Waals surface area contributed by atoms with Gasteiger partial charge in [-0.05, 0) is 50.4 Å². The maximum atomic E-state index is 13.0. The van der Waals surface area contributed by atoms with Gasteiger partial charge in [-0.3, -0.25) is 13.9 Å². The van der Waals surface area contributed by atoms with Crippen LogP contribution in [0.2, 0.25) is 0 Å². The summed E-state index contributed by atoms with van der Waals surface area (Å²) in [4.78, 5) is 34.1. The van der Waals surface area contributed by atoms with E-state index in [1.807, 2.05) is 13.8 Å². The fourth-order valence-corrected chi connectivity index (χ4v) is 5.77. The van der Waals surface area contributed by atoms with Crippen LogP contribution in [0.25, 0.3) is 11.2 Å². The topological polar surface area (TPSA) is 72.7 Å². The van der Waals surface area contributed by atoms with Gasteiger partial charge in [-0.2, -0.15) is 0 Å². The first-order chi connectivity index (χ1) is 12.6. The highest BCUT2D eigenvalue weighted by molar-refractivity contribution is 5.70. The van der Waals surface area contributed by atoms with E-state index in [1.165, 1.54) is 23.0 Å². The maximum absolute atomic E-state index is 13.0. The van der Waals surface area contributed by atoms with Crippen molar-refractivity contribution in [2.24, 2.45) is 11.8 Å². The molecule has 3 atom stereocenters. The quantitative estimate of drug-likeness (QED) is 0.839. The monoisotopic (exact) mass is 354 g/mol. The Labute approximate surface area is 151 Å². The number of hydrogen-bond donors (Lipinski definition) is 1. The van der Waals surface area contributed by atoms with Gasteiger partial charge in [-0.25, -0.2) is 9.78 Å². The molecule has 0 amide bonds. The van der Waals surface area contributed by atoms with Crippen molar-refractivity contribution >= 4 is 11.2 Å². The zero-order valence-corrected chi connectivity index (χ0v) is 15.5. The molecule has 2 saturated carbocycles. The molecule has 138 valence electrons. The number of aromatic nitrogens is 4. The van der Waals surface area contributed by atoms with Crippen LogP contribution in [0, 0.1) is 11.8 Å². The second-order valence-electron chi connectivity index (χ2n) is 8.42. The number of fused-ring (bicyclic) bond motifs is 1. The van der Waals surface area contributed by atoms with E-state index in [0.29, 0.717) is 30.2 Å². The predicted molar refractivity (Wildman–Crippen MR) is 100 cm³/mol. The third-order valence-corrected chi connectivity index (χ3v) is 6.65. The predicted octanol–water partition coefficient (Wildman–Crippen LogP) is 2.70. The first-order valence-electron chi connectivity index (χ1n) is 10.0. The van der Waals surface area contributed by atoms with E-state index >= 15 is 0 Å². The van der Waals surface area contributed by atoms with Gasteiger partial charge in [0.05, 0.1) is 5.41 Å². The lowest BCUT2D eigenvalue weighted by Gasteiger charge is -2.30. The molecule has 26 heavy (non-hydrogen) atoms. The number of imidazole rings is 1. The Kier molecular flexibility index (Phi) is 3.37. The van der Waals surface area contributed by atoms with Crippen molar-refractivity contribution in [2.75, 3.05) is 0 Å². The molecule has 0 spiro atoms. The van der Waals surface area contributed by atoms with Crippen LogP contribution in [-0.4, -0.2) is 19.1 Å². The third-order valence-electron chi connectivity index (χ3n) is 6.65. The van der Waals surface area contributed by atoms with Crippen LogP contribution in [-0.2, 0) is 18.5 Å². The summed E-state index contributed by atoms with van der Waals surface area (Å²) in [6.07, 6.45) is 8.77. The van der Waals surface area contributed by atoms with Crippen LogP contribution < -0.4 is 11.2 Å². The minimum Gasteiger partial charge on any atom is -0.335 e. The highest BCUT2D eigenvalue weighted by Gasteiger charge is 2.55. The van der Waals surface area contributed by atoms with Gasteiger partial charge in [0, 0.05) is 13.1 Å². The molecule has 6 nitrogen and oxygen atoms in total. The Balaban J connectivity index is 1.74. The summed E-state index contributed by atoms with van der Waals surface area (Å²) in [5.41, 5.74) is 2.10. The summed E-state index contributed by atoms with van der Waals surface area (Å²) in [5, 5.41) is 0. The molecule has 4 aliphatic carbocycles. The molecule has 6 rings (SSSR count). The van der Waals surface area contributed by atoms with Crippen LogP contribution in [0.4, 0.5) is 0 Å². The fraction of sp³-hybridized carbons (Fsp3) is 0.650. The van der Waals surface area contributed by atoms with Crippen molar-refractivity contribution in [1.29, 1.82) is 0 Å². The van der Waals surface area contributed by atoms with Crippen LogP contribution >= 0.6 is 0 Å². The molecule has 2 fully saturated rings. The molecule has 4 aliphatic rings. The lowest BCUT2D eigenvalue weighted by molar-refractivity contribution is 0.280. The number of allylic oxidation sites excluding steroid dienone is 2. The zero-order chi connectivity index (χ0) is 18.1. The number of hydrogen-bond acceptors (Lipinski definition) is 3.